The Bertz CT molecular complexity index is 490. The van der Waals surface area contributed by atoms with Gasteiger partial charge in [0.1, 0.15) is 0 Å². The zero-order chi connectivity index (χ0) is 13.4. The van der Waals surface area contributed by atoms with Crippen molar-refractivity contribution in [2.24, 2.45) is 0 Å². The number of rotatable bonds is 1. The number of aryl methyl sites for hydroxylation is 1. The molecule has 0 spiro atoms. The number of hydrogen-bond donors (Lipinski definition) is 0. The first-order chi connectivity index (χ1) is 8.69. The molecule has 0 bridgehead atoms. The normalized spacial score (nSPS) is 13.7. The molecular weight excluding hydrogens is 263 g/mol. The third kappa shape index (κ3) is 4.61. The van der Waals surface area contributed by atoms with Crippen molar-refractivity contribution in [2.45, 2.75) is 13.3 Å². The van der Waals surface area contributed by atoms with E-state index in [-0.39, 0.29) is 0 Å². The van der Waals surface area contributed by atoms with E-state index in [1.807, 2.05) is 24.3 Å². The van der Waals surface area contributed by atoms with Gasteiger partial charge in [-0.3, -0.25) is 0 Å². The van der Waals surface area contributed by atoms with Crippen molar-refractivity contribution in [2.75, 3.05) is 0 Å². The fraction of sp³-hybridized carbons (Fsp3) is 0.125. The Morgan fingerprint density at radius 2 is 1.83 bits per heavy atom. The summed E-state index contributed by atoms with van der Waals surface area (Å²) < 4.78 is 0. The number of hydrogen-bond acceptors (Lipinski definition) is 0. The molecule has 1 aliphatic carbocycles. The van der Waals surface area contributed by atoms with Gasteiger partial charge in [-0.15, -0.1) is 6.42 Å². The predicted molar refractivity (Wildman–Crippen MR) is 78.2 cm³/mol. The van der Waals surface area contributed by atoms with Gasteiger partial charge in [0.25, 0.3) is 0 Å². The lowest BCUT2D eigenvalue weighted by atomic mass is 10.1. The third-order valence-electron chi connectivity index (χ3n) is 2.25. The van der Waals surface area contributed by atoms with Gasteiger partial charge < -0.3 is 0 Å². The zero-order valence-electron chi connectivity index (χ0n) is 10.0. The first-order valence-corrected chi connectivity index (χ1v) is 6.22. The van der Waals surface area contributed by atoms with Gasteiger partial charge in [-0.1, -0.05) is 66.4 Å². The smallest absolute Gasteiger partial charge is 0.0526 e. The van der Waals surface area contributed by atoms with Crippen molar-refractivity contribution < 1.29 is 0 Å². The summed E-state index contributed by atoms with van der Waals surface area (Å²) in [6.45, 7) is 2.10. The molecular formula is C16H12Cl2. The summed E-state index contributed by atoms with van der Waals surface area (Å²) in [5, 5.41) is 1.43. The van der Waals surface area contributed by atoms with Crippen LogP contribution in [-0.2, 0) is 6.42 Å². The molecule has 0 aliphatic heterocycles. The quantitative estimate of drug-likeness (QED) is 0.649. The summed E-state index contributed by atoms with van der Waals surface area (Å²) in [5.74, 6) is 2.41. The van der Waals surface area contributed by atoms with E-state index in [0.717, 1.165) is 11.4 Å². The van der Waals surface area contributed by atoms with Crippen molar-refractivity contribution in [3.63, 3.8) is 0 Å². The van der Waals surface area contributed by atoms with E-state index >= 15 is 0 Å². The highest BCUT2D eigenvalue weighted by molar-refractivity contribution is 6.32. The monoisotopic (exact) mass is 274 g/mol. The molecule has 0 fully saturated rings. The van der Waals surface area contributed by atoms with Crippen molar-refractivity contribution in [3.8, 4) is 12.3 Å². The van der Waals surface area contributed by atoms with Crippen LogP contribution >= 0.6 is 23.2 Å². The van der Waals surface area contributed by atoms with Crippen molar-refractivity contribution in [1.82, 2.24) is 0 Å². The van der Waals surface area contributed by atoms with Crippen LogP contribution in [0.15, 0.2) is 47.0 Å². The highest BCUT2D eigenvalue weighted by Gasteiger charge is 2.02. The molecule has 0 atom stereocenters. The van der Waals surface area contributed by atoms with Crippen LogP contribution in [0.1, 0.15) is 12.5 Å². The van der Waals surface area contributed by atoms with Crippen LogP contribution in [0.2, 0.25) is 5.02 Å². The largest absolute Gasteiger partial charge is 0.115 e. The summed E-state index contributed by atoms with van der Waals surface area (Å²) in [4.78, 5) is 0. The number of benzene rings is 1. The molecule has 0 N–H and O–H groups in total. The highest BCUT2D eigenvalue weighted by Crippen LogP contribution is 2.19. The van der Waals surface area contributed by atoms with Gasteiger partial charge in [-0.2, -0.15) is 0 Å². The third-order valence-corrected chi connectivity index (χ3v) is 2.93. The number of halogens is 2. The molecule has 0 aromatic heterocycles. The molecule has 0 heterocycles. The molecule has 4 radical (unpaired) electrons. The SMILES string of the molecule is C#CC1=C[C][C]C=C1Cl.CCc1ccccc1Cl. The van der Waals surface area contributed by atoms with Crippen LogP contribution in [-0.4, -0.2) is 0 Å². The molecule has 90 valence electrons. The minimum absolute atomic E-state index is 0.552. The minimum atomic E-state index is 0.552. The standard InChI is InChI=1S/C8H9Cl.C8H3Cl/c2*1-2-7-5-3-4-6-8(7)9/h3-6H,2H2,1H3;1,5-6H. The Morgan fingerprint density at radius 1 is 1.17 bits per heavy atom. The van der Waals surface area contributed by atoms with Gasteiger partial charge in [-0.25, -0.2) is 0 Å². The fourth-order valence-corrected chi connectivity index (χ4v) is 1.69. The van der Waals surface area contributed by atoms with Crippen molar-refractivity contribution >= 4 is 23.2 Å². The maximum atomic E-state index is 5.82. The van der Waals surface area contributed by atoms with Gasteiger partial charge in [0.2, 0.25) is 0 Å². The van der Waals surface area contributed by atoms with Gasteiger partial charge >= 0.3 is 0 Å². The zero-order valence-corrected chi connectivity index (χ0v) is 11.5. The van der Waals surface area contributed by atoms with Crippen LogP contribution in [0.3, 0.4) is 0 Å². The van der Waals surface area contributed by atoms with E-state index < -0.39 is 0 Å². The van der Waals surface area contributed by atoms with Crippen LogP contribution in [0.25, 0.3) is 0 Å². The van der Waals surface area contributed by atoms with E-state index in [2.05, 4.69) is 25.7 Å². The Balaban J connectivity index is 0.000000180. The first kappa shape index (κ1) is 14.9. The second kappa shape index (κ2) is 8.03. The Hall–Kier alpha value is -1.16. The lowest BCUT2D eigenvalue weighted by Gasteiger charge is -2.01. The molecule has 0 unspecified atom stereocenters. The fourth-order valence-electron chi connectivity index (χ4n) is 1.26. The lowest BCUT2D eigenvalue weighted by molar-refractivity contribution is 1.14. The van der Waals surface area contributed by atoms with E-state index in [1.54, 1.807) is 12.2 Å². The number of terminal acetylenes is 1. The molecule has 0 nitrogen and oxygen atoms in total. The van der Waals surface area contributed by atoms with Crippen LogP contribution in [0, 0.1) is 25.2 Å². The van der Waals surface area contributed by atoms with E-state index in [1.165, 1.54) is 5.56 Å². The molecule has 2 heteroatoms. The van der Waals surface area contributed by atoms with E-state index in [9.17, 15) is 0 Å². The average molecular weight is 275 g/mol. The summed E-state index contributed by atoms with van der Waals surface area (Å²) >= 11 is 11.5. The average Bonchev–Trinajstić information content (AvgIpc) is 2.41. The summed E-state index contributed by atoms with van der Waals surface area (Å²) in [6.07, 6.45) is 14.7. The molecule has 1 aliphatic rings. The van der Waals surface area contributed by atoms with Crippen molar-refractivity contribution in [1.29, 1.82) is 0 Å². The van der Waals surface area contributed by atoms with E-state index in [0.29, 0.717) is 10.6 Å². The van der Waals surface area contributed by atoms with Crippen LogP contribution in [0.4, 0.5) is 0 Å². The lowest BCUT2D eigenvalue weighted by Crippen LogP contribution is -1.86. The Morgan fingerprint density at radius 3 is 2.28 bits per heavy atom. The maximum absolute atomic E-state index is 5.82. The van der Waals surface area contributed by atoms with Crippen LogP contribution in [0.5, 0.6) is 0 Å². The van der Waals surface area contributed by atoms with Gasteiger partial charge in [0.05, 0.1) is 5.03 Å². The van der Waals surface area contributed by atoms with Gasteiger partial charge in [-0.05, 0) is 18.1 Å². The Labute approximate surface area is 119 Å². The second-order valence-electron chi connectivity index (χ2n) is 3.43. The molecule has 0 saturated carbocycles. The minimum Gasteiger partial charge on any atom is -0.115 e. The molecule has 18 heavy (non-hydrogen) atoms. The summed E-state index contributed by atoms with van der Waals surface area (Å²) in [6, 6.07) is 7.91. The first-order valence-electron chi connectivity index (χ1n) is 5.46. The molecule has 2 rings (SSSR count). The molecule has 0 saturated heterocycles. The topological polar surface area (TPSA) is 0 Å². The van der Waals surface area contributed by atoms with Crippen LogP contribution < -0.4 is 0 Å². The second-order valence-corrected chi connectivity index (χ2v) is 4.24. The molecule has 0 amide bonds. The van der Waals surface area contributed by atoms with Crippen molar-refractivity contribution in [3.05, 3.63) is 70.5 Å². The molecule has 1 aromatic rings. The predicted octanol–water partition coefficient (Wildman–Crippen LogP) is 4.75. The summed E-state index contributed by atoms with van der Waals surface area (Å²) in [5.41, 5.74) is 1.88. The molecule has 1 aromatic carbocycles. The highest BCUT2D eigenvalue weighted by atomic mass is 35.5. The van der Waals surface area contributed by atoms with E-state index in [4.69, 9.17) is 29.6 Å². The Kier molecular flexibility index (Phi) is 6.65. The summed E-state index contributed by atoms with van der Waals surface area (Å²) in [7, 11) is 0. The van der Waals surface area contributed by atoms with Gasteiger partial charge in [0, 0.05) is 23.4 Å². The van der Waals surface area contributed by atoms with Gasteiger partial charge in [0.15, 0.2) is 0 Å². The number of allylic oxidation sites excluding steroid dienone is 4. The maximum Gasteiger partial charge on any atom is 0.0526 e.